The number of fused-ring (bicyclic) bond motifs is 3. The SMILES string of the molecule is CC(C)(C)c1ccc2c(c1)C(COC(=O)N[C@@H](Cc1ccccc1)C(=O)O)c1cc(C(C)(C)C)ccc1-2. The number of ether oxygens (including phenoxy) is 1. The molecule has 0 bridgehead atoms. The molecule has 0 spiro atoms. The van der Waals surface area contributed by atoms with Gasteiger partial charge in [0.05, 0.1) is 0 Å². The number of alkyl carbamates (subject to hydrolysis) is 1. The summed E-state index contributed by atoms with van der Waals surface area (Å²) in [4.78, 5) is 24.6. The van der Waals surface area contributed by atoms with Gasteiger partial charge in [-0.25, -0.2) is 9.59 Å². The second kappa shape index (κ2) is 10.0. The highest BCUT2D eigenvalue weighted by atomic mass is 16.5. The molecule has 5 heteroatoms. The van der Waals surface area contributed by atoms with Crippen LogP contribution in [-0.2, 0) is 26.8 Å². The lowest BCUT2D eigenvalue weighted by atomic mass is 9.83. The Balaban J connectivity index is 1.59. The van der Waals surface area contributed by atoms with Crippen LogP contribution in [0.2, 0.25) is 0 Å². The summed E-state index contributed by atoms with van der Waals surface area (Å²) in [6, 6.07) is 21.3. The lowest BCUT2D eigenvalue weighted by Gasteiger charge is -2.23. The molecule has 2 N–H and O–H groups in total. The van der Waals surface area contributed by atoms with Crippen LogP contribution in [0.25, 0.3) is 11.1 Å². The summed E-state index contributed by atoms with van der Waals surface area (Å²) in [6.45, 7) is 13.3. The molecule has 0 heterocycles. The van der Waals surface area contributed by atoms with Gasteiger partial charge in [0.2, 0.25) is 0 Å². The normalized spacial score (nSPS) is 14.0. The number of nitrogens with one attached hydrogen (secondary N) is 1. The molecular weight excluding hydrogens is 462 g/mol. The average molecular weight is 500 g/mol. The molecule has 3 aromatic rings. The molecule has 37 heavy (non-hydrogen) atoms. The second-order valence-corrected chi connectivity index (χ2v) is 12.0. The Labute approximate surface area is 219 Å². The molecule has 1 atom stereocenters. The summed E-state index contributed by atoms with van der Waals surface area (Å²) in [5, 5.41) is 12.2. The summed E-state index contributed by atoms with van der Waals surface area (Å²) in [5.41, 5.74) is 7.83. The zero-order chi connectivity index (χ0) is 27.0. The van der Waals surface area contributed by atoms with Crippen molar-refractivity contribution < 1.29 is 19.4 Å². The van der Waals surface area contributed by atoms with Gasteiger partial charge < -0.3 is 15.2 Å². The molecule has 0 saturated heterocycles. The number of rotatable bonds is 6. The quantitative estimate of drug-likeness (QED) is 0.390. The molecule has 3 aromatic carbocycles. The van der Waals surface area contributed by atoms with Crippen LogP contribution in [-0.4, -0.2) is 29.8 Å². The number of carboxylic acids is 1. The highest BCUT2D eigenvalue weighted by Gasteiger charge is 2.33. The Hall–Kier alpha value is -3.60. The second-order valence-electron chi connectivity index (χ2n) is 12.0. The Morgan fingerprint density at radius 1 is 0.838 bits per heavy atom. The minimum absolute atomic E-state index is 0.0185. The summed E-state index contributed by atoms with van der Waals surface area (Å²) >= 11 is 0. The molecule has 0 aliphatic heterocycles. The standard InChI is InChI=1S/C32H37NO4/c1-31(2,3)21-12-14-23-24-15-13-22(32(4,5)6)18-26(24)27(25(23)17-21)19-37-30(36)33-28(29(34)35)16-20-10-8-7-9-11-20/h7-15,17-18,27-28H,16,19H2,1-6H3,(H,33,36)(H,34,35)/t28-/m0/s1. The van der Waals surface area contributed by atoms with Gasteiger partial charge in [-0.15, -0.1) is 0 Å². The molecule has 0 unspecified atom stereocenters. The summed E-state index contributed by atoms with van der Waals surface area (Å²) in [7, 11) is 0. The van der Waals surface area contributed by atoms with Gasteiger partial charge in [0, 0.05) is 12.3 Å². The van der Waals surface area contributed by atoms with E-state index in [-0.39, 0.29) is 29.8 Å². The molecule has 1 aliphatic carbocycles. The van der Waals surface area contributed by atoms with Crippen molar-refractivity contribution in [2.45, 2.75) is 70.8 Å². The van der Waals surface area contributed by atoms with Crippen molar-refractivity contribution in [3.8, 4) is 11.1 Å². The van der Waals surface area contributed by atoms with Crippen molar-refractivity contribution in [3.05, 3.63) is 94.5 Å². The highest BCUT2D eigenvalue weighted by Crippen LogP contribution is 2.47. The first-order valence-corrected chi connectivity index (χ1v) is 12.8. The number of carbonyl (C=O) groups excluding carboxylic acids is 1. The number of amides is 1. The smallest absolute Gasteiger partial charge is 0.407 e. The van der Waals surface area contributed by atoms with E-state index in [1.54, 1.807) is 0 Å². The van der Waals surface area contributed by atoms with Crippen LogP contribution in [0.15, 0.2) is 66.7 Å². The molecule has 1 amide bonds. The fraction of sp³-hybridized carbons (Fsp3) is 0.375. The monoisotopic (exact) mass is 499 g/mol. The van der Waals surface area contributed by atoms with E-state index in [1.807, 2.05) is 30.3 Å². The zero-order valence-corrected chi connectivity index (χ0v) is 22.6. The van der Waals surface area contributed by atoms with Crippen molar-refractivity contribution in [2.75, 3.05) is 6.61 Å². The first-order chi connectivity index (χ1) is 17.3. The first kappa shape index (κ1) is 26.5. The third kappa shape index (κ3) is 5.87. The molecule has 1 aliphatic rings. The van der Waals surface area contributed by atoms with Crippen LogP contribution in [0.1, 0.15) is 75.3 Å². The van der Waals surface area contributed by atoms with Gasteiger partial charge in [-0.1, -0.05) is 108 Å². The van der Waals surface area contributed by atoms with Crippen molar-refractivity contribution in [1.82, 2.24) is 5.32 Å². The first-order valence-electron chi connectivity index (χ1n) is 12.8. The summed E-state index contributed by atoms with van der Waals surface area (Å²) in [5.74, 6) is -1.22. The van der Waals surface area contributed by atoms with E-state index in [1.165, 1.54) is 11.1 Å². The number of hydrogen-bond acceptors (Lipinski definition) is 3. The van der Waals surface area contributed by atoms with Crippen LogP contribution in [0.4, 0.5) is 4.79 Å². The van der Waals surface area contributed by atoms with Crippen molar-refractivity contribution in [1.29, 1.82) is 0 Å². The highest BCUT2D eigenvalue weighted by molar-refractivity contribution is 5.81. The maximum atomic E-state index is 12.8. The minimum atomic E-state index is -1.10. The van der Waals surface area contributed by atoms with E-state index in [9.17, 15) is 14.7 Å². The topological polar surface area (TPSA) is 75.6 Å². The predicted molar refractivity (Wildman–Crippen MR) is 147 cm³/mol. The molecule has 4 rings (SSSR count). The number of carboxylic acid groups (broad SMARTS) is 1. The molecule has 0 fully saturated rings. The number of benzene rings is 3. The lowest BCUT2D eigenvalue weighted by molar-refractivity contribution is -0.139. The molecule has 0 radical (unpaired) electrons. The zero-order valence-electron chi connectivity index (χ0n) is 22.6. The number of aliphatic carboxylic acids is 1. The Morgan fingerprint density at radius 2 is 1.35 bits per heavy atom. The Kier molecular flexibility index (Phi) is 7.18. The van der Waals surface area contributed by atoms with Crippen LogP contribution in [0.3, 0.4) is 0 Å². The van der Waals surface area contributed by atoms with Gasteiger partial charge in [0.1, 0.15) is 12.6 Å². The van der Waals surface area contributed by atoms with Gasteiger partial charge in [0.25, 0.3) is 0 Å². The minimum Gasteiger partial charge on any atom is -0.480 e. The fourth-order valence-corrected chi connectivity index (χ4v) is 4.87. The van der Waals surface area contributed by atoms with Gasteiger partial charge in [-0.3, -0.25) is 0 Å². The van der Waals surface area contributed by atoms with Gasteiger partial charge in [0.15, 0.2) is 0 Å². The third-order valence-electron chi connectivity index (χ3n) is 7.13. The molecule has 194 valence electrons. The maximum absolute atomic E-state index is 12.8. The molecular formula is C32H37NO4. The fourth-order valence-electron chi connectivity index (χ4n) is 4.87. The van der Waals surface area contributed by atoms with E-state index >= 15 is 0 Å². The van der Waals surface area contributed by atoms with E-state index in [4.69, 9.17) is 4.74 Å². The van der Waals surface area contributed by atoms with Crippen molar-refractivity contribution in [3.63, 3.8) is 0 Å². The van der Waals surface area contributed by atoms with Crippen LogP contribution in [0.5, 0.6) is 0 Å². The van der Waals surface area contributed by atoms with Crippen molar-refractivity contribution in [2.24, 2.45) is 0 Å². The third-order valence-corrected chi connectivity index (χ3v) is 7.13. The molecule has 0 aromatic heterocycles. The van der Waals surface area contributed by atoms with Gasteiger partial charge in [-0.05, 0) is 49.8 Å². The maximum Gasteiger partial charge on any atom is 0.407 e. The largest absolute Gasteiger partial charge is 0.480 e. The van der Waals surface area contributed by atoms with Crippen LogP contribution < -0.4 is 5.32 Å². The lowest BCUT2D eigenvalue weighted by Crippen LogP contribution is -2.42. The van der Waals surface area contributed by atoms with Crippen molar-refractivity contribution >= 4 is 12.1 Å². The van der Waals surface area contributed by atoms with E-state index in [0.717, 1.165) is 27.8 Å². The number of hydrogen-bond donors (Lipinski definition) is 2. The Bertz CT molecular complexity index is 1240. The van der Waals surface area contributed by atoms with E-state index in [2.05, 4.69) is 83.3 Å². The number of carbonyl (C=O) groups is 2. The van der Waals surface area contributed by atoms with E-state index in [0.29, 0.717) is 0 Å². The average Bonchev–Trinajstić information content (AvgIpc) is 3.14. The molecule has 5 nitrogen and oxygen atoms in total. The van der Waals surface area contributed by atoms with E-state index < -0.39 is 18.1 Å². The Morgan fingerprint density at radius 3 is 1.81 bits per heavy atom. The summed E-state index contributed by atoms with van der Waals surface area (Å²) in [6.07, 6.45) is -0.540. The van der Waals surface area contributed by atoms with Gasteiger partial charge in [-0.2, -0.15) is 0 Å². The molecule has 0 saturated carbocycles. The van der Waals surface area contributed by atoms with Crippen LogP contribution in [0, 0.1) is 0 Å². The predicted octanol–water partition coefficient (Wildman–Crippen LogP) is 6.82. The summed E-state index contributed by atoms with van der Waals surface area (Å²) < 4.78 is 5.70. The van der Waals surface area contributed by atoms with Gasteiger partial charge >= 0.3 is 12.1 Å². The van der Waals surface area contributed by atoms with Crippen LogP contribution >= 0.6 is 0 Å².